The Bertz CT molecular complexity index is 2680. The second kappa shape index (κ2) is 24.7. The number of carbonyl (C=O) groups is 2. The Morgan fingerprint density at radius 2 is 0.845 bits per heavy atom. The molecule has 2 atom stereocenters. The smallest absolute Gasteiger partial charge is 0.163 e. The summed E-state index contributed by atoms with van der Waals surface area (Å²) in [6, 6.07) is 14.4. The maximum Gasteiger partial charge on any atom is 0.163 e. The van der Waals surface area contributed by atoms with Crippen LogP contribution in [0.15, 0.2) is 58.5 Å². The number of thiophene rings is 2. The standard InChI is InChI=1S/C52H60Cl2N8O7S2/c1-31-33(3)70-51-45(31)47(37-11-15-39(53)16-12-37)55-43(49-59-57-35(5)61(49)51)29-41(63)9-7-19-65-21-23-67-25-27-69-28-26-68-24-22-66-20-8-10-42(64)30-44-50-60-58-36(6)62(50)52-46(32(2)34(4)71-52)48(56-44)38-13-17-40(54)18-14-38/h11-18,43-44H,7-10,19-30H2,1-6H3/t43-,44-/m0/s1. The predicted octanol–water partition coefficient (Wildman–Crippen LogP) is 10.2. The maximum absolute atomic E-state index is 13.3. The molecule has 0 saturated heterocycles. The summed E-state index contributed by atoms with van der Waals surface area (Å²) < 4.78 is 32.6. The zero-order chi connectivity index (χ0) is 50.0. The summed E-state index contributed by atoms with van der Waals surface area (Å²) in [6.45, 7) is 16.6. The number of hydrogen-bond acceptors (Lipinski definition) is 15. The molecule has 0 fully saturated rings. The van der Waals surface area contributed by atoms with Crippen LogP contribution < -0.4 is 0 Å². The van der Waals surface area contributed by atoms with Gasteiger partial charge in [-0.3, -0.25) is 28.7 Å². The Morgan fingerprint density at radius 3 is 1.20 bits per heavy atom. The van der Waals surface area contributed by atoms with Gasteiger partial charge in [0.25, 0.3) is 0 Å². The van der Waals surface area contributed by atoms with Crippen LogP contribution in [0.25, 0.3) is 10.0 Å². The second-order valence-corrected chi connectivity index (χ2v) is 20.8. The number of fused-ring (bicyclic) bond motifs is 6. The number of aryl methyl sites for hydroxylation is 4. The van der Waals surface area contributed by atoms with Crippen molar-refractivity contribution >= 4 is 68.9 Å². The van der Waals surface area contributed by atoms with E-state index in [9.17, 15) is 9.59 Å². The summed E-state index contributed by atoms with van der Waals surface area (Å²) in [5.41, 5.74) is 7.92. The molecule has 2 aliphatic heterocycles. The second-order valence-electron chi connectivity index (χ2n) is 17.6. The van der Waals surface area contributed by atoms with E-state index in [-0.39, 0.29) is 24.4 Å². The molecule has 2 aromatic carbocycles. The van der Waals surface area contributed by atoms with E-state index in [0.29, 0.717) is 113 Å². The number of Topliss-reactive ketones (excluding diaryl/α,β-unsaturated/α-hetero) is 2. The fourth-order valence-corrected chi connectivity index (χ4v) is 11.3. The van der Waals surface area contributed by atoms with E-state index in [2.05, 4.69) is 57.2 Å². The van der Waals surface area contributed by atoms with Gasteiger partial charge in [-0.15, -0.1) is 43.1 Å². The molecule has 0 amide bonds. The minimum atomic E-state index is -0.482. The number of halogens is 2. The number of benzene rings is 2. The summed E-state index contributed by atoms with van der Waals surface area (Å²) in [7, 11) is 0. The first kappa shape index (κ1) is 52.5. The molecule has 0 saturated carbocycles. The van der Waals surface area contributed by atoms with Gasteiger partial charge in [-0.1, -0.05) is 47.5 Å². The first-order valence-electron chi connectivity index (χ1n) is 24.0. The molecule has 0 bridgehead atoms. The lowest BCUT2D eigenvalue weighted by Gasteiger charge is -2.12. The topological polar surface area (TPSA) is 166 Å². The molecule has 4 aromatic heterocycles. The van der Waals surface area contributed by atoms with E-state index in [1.54, 1.807) is 22.7 Å². The molecule has 2 aliphatic rings. The third kappa shape index (κ3) is 12.7. The molecule has 0 spiro atoms. The van der Waals surface area contributed by atoms with Crippen LogP contribution in [0.5, 0.6) is 0 Å². The summed E-state index contributed by atoms with van der Waals surface area (Å²) in [4.78, 5) is 39.5. The molecule has 19 heteroatoms. The van der Waals surface area contributed by atoms with Crippen molar-refractivity contribution in [2.45, 2.75) is 92.2 Å². The Kier molecular flexibility index (Phi) is 18.3. The van der Waals surface area contributed by atoms with Gasteiger partial charge in [0, 0.05) is 81.0 Å². The lowest BCUT2D eigenvalue weighted by Crippen LogP contribution is -2.14. The number of nitrogens with zero attached hydrogens (tertiary/aromatic N) is 8. The van der Waals surface area contributed by atoms with Gasteiger partial charge in [-0.05, 0) is 89.8 Å². The van der Waals surface area contributed by atoms with Gasteiger partial charge in [0.15, 0.2) is 11.6 Å². The quantitative estimate of drug-likeness (QED) is 0.0475. The Hall–Kier alpha value is -4.82. The van der Waals surface area contributed by atoms with Gasteiger partial charge in [-0.25, -0.2) is 0 Å². The number of aliphatic imine (C=N–C) groups is 2. The van der Waals surface area contributed by atoms with Crippen molar-refractivity contribution in [2.75, 3.05) is 66.1 Å². The minimum Gasteiger partial charge on any atom is -0.379 e. The fourth-order valence-electron chi connectivity index (χ4n) is 8.62. The van der Waals surface area contributed by atoms with E-state index in [1.165, 1.54) is 9.75 Å². The Labute approximate surface area is 432 Å². The van der Waals surface area contributed by atoms with Gasteiger partial charge >= 0.3 is 0 Å². The number of carbonyl (C=O) groups excluding carboxylic acids is 2. The largest absolute Gasteiger partial charge is 0.379 e. The summed E-state index contributed by atoms with van der Waals surface area (Å²) in [6.07, 6.45) is 2.35. The first-order valence-corrected chi connectivity index (χ1v) is 26.4. The van der Waals surface area contributed by atoms with E-state index in [0.717, 1.165) is 66.5 Å². The summed E-state index contributed by atoms with van der Waals surface area (Å²) in [5, 5.41) is 21.1. The van der Waals surface area contributed by atoms with Crippen LogP contribution >= 0.6 is 45.9 Å². The van der Waals surface area contributed by atoms with E-state index < -0.39 is 12.1 Å². The molecule has 0 N–H and O–H groups in total. The predicted molar refractivity (Wildman–Crippen MR) is 278 cm³/mol. The normalized spacial score (nSPS) is 15.1. The molecule has 376 valence electrons. The van der Waals surface area contributed by atoms with Crippen LogP contribution in [0.4, 0.5) is 0 Å². The van der Waals surface area contributed by atoms with Crippen molar-refractivity contribution in [3.05, 3.63) is 125 Å². The van der Waals surface area contributed by atoms with Crippen LogP contribution in [-0.4, -0.2) is 119 Å². The third-order valence-corrected chi connectivity index (χ3v) is 15.4. The van der Waals surface area contributed by atoms with Gasteiger partial charge in [0.2, 0.25) is 0 Å². The summed E-state index contributed by atoms with van der Waals surface area (Å²) in [5.74, 6) is 3.04. The number of ether oxygens (including phenoxy) is 5. The van der Waals surface area contributed by atoms with Crippen molar-refractivity contribution in [2.24, 2.45) is 9.98 Å². The van der Waals surface area contributed by atoms with Crippen molar-refractivity contribution in [1.82, 2.24) is 29.5 Å². The fraction of sp³-hybridized carbons (Fsp3) is 0.462. The van der Waals surface area contributed by atoms with Crippen LogP contribution in [0.3, 0.4) is 0 Å². The lowest BCUT2D eigenvalue weighted by molar-refractivity contribution is -0.120. The minimum absolute atomic E-state index is 0.0885. The lowest BCUT2D eigenvalue weighted by atomic mass is 9.99. The van der Waals surface area contributed by atoms with Crippen molar-refractivity contribution in [3.8, 4) is 10.0 Å². The van der Waals surface area contributed by atoms with Crippen LogP contribution in [0, 0.1) is 41.5 Å². The zero-order valence-corrected chi connectivity index (χ0v) is 44.2. The van der Waals surface area contributed by atoms with Crippen molar-refractivity contribution < 1.29 is 33.3 Å². The zero-order valence-electron chi connectivity index (χ0n) is 41.1. The molecule has 71 heavy (non-hydrogen) atoms. The SMILES string of the molecule is Cc1sc2c(c1C)C(c1ccc(Cl)cc1)=N[C@@H](CC(=O)CCCOCCOCCOCCOCCOCCCC(=O)C[C@@H]1N=C(c3ccc(Cl)cc3)c3c(sc(C)c3C)-n3c(C)nnc31)c1nnc(C)n1-2. The molecular formula is C52H60Cl2N8O7S2. The third-order valence-electron chi connectivity index (χ3n) is 12.5. The molecular weight excluding hydrogens is 984 g/mol. The molecule has 0 radical (unpaired) electrons. The highest BCUT2D eigenvalue weighted by Crippen LogP contribution is 2.41. The van der Waals surface area contributed by atoms with Crippen LogP contribution in [0.1, 0.15) is 117 Å². The molecule has 8 rings (SSSR count). The molecule has 0 aliphatic carbocycles. The van der Waals surface area contributed by atoms with Gasteiger partial charge in [0.05, 0.1) is 64.3 Å². The molecule has 0 unspecified atom stereocenters. The maximum atomic E-state index is 13.3. The van der Waals surface area contributed by atoms with E-state index in [1.807, 2.05) is 62.4 Å². The Balaban J connectivity index is 0.658. The summed E-state index contributed by atoms with van der Waals surface area (Å²) >= 11 is 15.9. The van der Waals surface area contributed by atoms with Crippen molar-refractivity contribution in [3.63, 3.8) is 0 Å². The number of ketones is 2. The van der Waals surface area contributed by atoms with Crippen molar-refractivity contribution in [1.29, 1.82) is 0 Å². The number of aromatic nitrogens is 6. The number of hydrogen-bond donors (Lipinski definition) is 0. The highest BCUT2D eigenvalue weighted by atomic mass is 35.5. The Morgan fingerprint density at radius 1 is 0.507 bits per heavy atom. The molecule has 6 aromatic rings. The van der Waals surface area contributed by atoms with E-state index >= 15 is 0 Å². The van der Waals surface area contributed by atoms with E-state index in [4.69, 9.17) is 56.9 Å². The van der Waals surface area contributed by atoms with Gasteiger partial charge in [0.1, 0.15) is 45.3 Å². The average molecular weight is 1040 g/mol. The monoisotopic (exact) mass is 1040 g/mol. The number of rotatable bonds is 26. The molecule has 15 nitrogen and oxygen atoms in total. The highest BCUT2D eigenvalue weighted by Gasteiger charge is 2.34. The first-order chi connectivity index (χ1) is 34.4. The van der Waals surface area contributed by atoms with Crippen LogP contribution in [0.2, 0.25) is 10.0 Å². The van der Waals surface area contributed by atoms with Crippen LogP contribution in [-0.2, 0) is 33.3 Å². The highest BCUT2D eigenvalue weighted by molar-refractivity contribution is 7.15. The van der Waals surface area contributed by atoms with Gasteiger partial charge in [-0.2, -0.15) is 0 Å². The van der Waals surface area contributed by atoms with Gasteiger partial charge < -0.3 is 23.7 Å². The molecule has 6 heterocycles. The average Bonchev–Trinajstić information content (AvgIpc) is 4.04.